The molecule has 4 rings (SSSR count). The van der Waals surface area contributed by atoms with Gasteiger partial charge in [0.2, 0.25) is 10.0 Å². The fourth-order valence-electron chi connectivity index (χ4n) is 4.67. The van der Waals surface area contributed by atoms with Crippen molar-refractivity contribution in [2.45, 2.75) is 49.2 Å². The molecule has 0 radical (unpaired) electrons. The van der Waals surface area contributed by atoms with E-state index in [2.05, 4.69) is 52.1 Å². The average molecular weight is 527 g/mol. The van der Waals surface area contributed by atoms with Crippen molar-refractivity contribution >= 4 is 38.4 Å². The van der Waals surface area contributed by atoms with Gasteiger partial charge < -0.3 is 4.74 Å². The Hall–Kier alpha value is -2.71. The number of nitrogens with zero attached hydrogens (tertiary/aromatic N) is 1. The molecular weight excluding hydrogens is 496 g/mol. The van der Waals surface area contributed by atoms with Crippen LogP contribution in [0.1, 0.15) is 31.2 Å². The Kier molecular flexibility index (Phi) is 8.80. The number of nitrogens with one attached hydrogen (secondary N) is 1. The van der Waals surface area contributed by atoms with Crippen LogP contribution in [-0.2, 0) is 26.1 Å². The predicted molar refractivity (Wildman–Crippen MR) is 143 cm³/mol. The van der Waals surface area contributed by atoms with Gasteiger partial charge in [-0.1, -0.05) is 66.2 Å². The van der Waals surface area contributed by atoms with Gasteiger partial charge >= 0.3 is 5.97 Å². The number of fused-ring (bicyclic) bond motifs is 1. The van der Waals surface area contributed by atoms with E-state index >= 15 is 0 Å². The lowest BCUT2D eigenvalue weighted by molar-refractivity contribution is -0.140. The highest BCUT2D eigenvalue weighted by Gasteiger charge is 2.33. The quantitative estimate of drug-likeness (QED) is 0.220. The summed E-state index contributed by atoms with van der Waals surface area (Å²) in [6.45, 7) is 1.30. The van der Waals surface area contributed by atoms with Crippen molar-refractivity contribution in [2.75, 3.05) is 13.7 Å². The maximum Gasteiger partial charge on any atom is 0.305 e. The van der Waals surface area contributed by atoms with Crippen LogP contribution in [0.25, 0.3) is 10.8 Å². The molecule has 8 heteroatoms. The number of methoxy groups -OCH3 is 1. The van der Waals surface area contributed by atoms with Gasteiger partial charge in [-0.05, 0) is 59.9 Å². The number of sulfonamides is 1. The van der Waals surface area contributed by atoms with Crippen molar-refractivity contribution in [3.05, 3.63) is 89.5 Å². The van der Waals surface area contributed by atoms with E-state index in [9.17, 15) is 13.2 Å². The molecular formula is C28H31ClN2O4S. The average Bonchev–Trinajstić information content (AvgIpc) is 3.24. The summed E-state index contributed by atoms with van der Waals surface area (Å²) in [5.74, 6) is -0.210. The van der Waals surface area contributed by atoms with E-state index in [0.717, 1.165) is 6.42 Å². The third kappa shape index (κ3) is 6.73. The summed E-state index contributed by atoms with van der Waals surface area (Å²) in [4.78, 5) is 13.9. The number of likely N-dealkylation sites (tertiary alicyclic amines) is 1. The number of hydrogen-bond acceptors (Lipinski definition) is 5. The Labute approximate surface area is 218 Å². The number of esters is 1. The van der Waals surface area contributed by atoms with E-state index in [1.54, 1.807) is 12.1 Å². The van der Waals surface area contributed by atoms with Crippen LogP contribution >= 0.6 is 11.6 Å². The second-order valence-electron chi connectivity index (χ2n) is 9.04. The van der Waals surface area contributed by atoms with Gasteiger partial charge in [0.25, 0.3) is 0 Å². The van der Waals surface area contributed by atoms with Crippen LogP contribution in [0.4, 0.5) is 0 Å². The first kappa shape index (κ1) is 26.4. The Morgan fingerprint density at radius 2 is 1.86 bits per heavy atom. The monoisotopic (exact) mass is 526 g/mol. The normalized spacial score (nSPS) is 18.7. The lowest BCUT2D eigenvalue weighted by Crippen LogP contribution is -2.37. The molecule has 1 saturated heterocycles. The van der Waals surface area contributed by atoms with Gasteiger partial charge in [0.1, 0.15) is 0 Å². The number of rotatable bonds is 10. The molecule has 190 valence electrons. The van der Waals surface area contributed by atoms with Gasteiger partial charge in [-0.3, -0.25) is 9.69 Å². The largest absolute Gasteiger partial charge is 0.469 e. The topological polar surface area (TPSA) is 75.7 Å². The number of halogens is 1. The highest BCUT2D eigenvalue weighted by Crippen LogP contribution is 2.27. The number of hydrogen-bond donors (Lipinski definition) is 1. The first-order chi connectivity index (χ1) is 17.4. The molecule has 1 heterocycles. The molecule has 1 aliphatic heterocycles. The minimum absolute atomic E-state index is 0.0695. The molecule has 3 aromatic rings. The zero-order valence-corrected chi connectivity index (χ0v) is 21.8. The molecule has 36 heavy (non-hydrogen) atoms. The van der Waals surface area contributed by atoms with E-state index in [1.165, 1.54) is 35.6 Å². The molecule has 0 bridgehead atoms. The molecule has 2 atom stereocenters. The van der Waals surface area contributed by atoms with Gasteiger partial charge in [0.05, 0.1) is 12.0 Å². The van der Waals surface area contributed by atoms with Crippen molar-refractivity contribution in [3.63, 3.8) is 0 Å². The molecule has 1 fully saturated rings. The fraction of sp³-hybridized carbons (Fsp3) is 0.321. The highest BCUT2D eigenvalue weighted by atomic mass is 35.5. The predicted octanol–water partition coefficient (Wildman–Crippen LogP) is 5.31. The molecule has 1 aliphatic rings. The third-order valence-corrected chi connectivity index (χ3v) is 8.28. The van der Waals surface area contributed by atoms with E-state index in [1.807, 2.05) is 12.1 Å². The van der Waals surface area contributed by atoms with Gasteiger partial charge in [-0.25, -0.2) is 13.1 Å². The highest BCUT2D eigenvalue weighted by molar-refractivity contribution is 7.89. The second-order valence-corrected chi connectivity index (χ2v) is 11.2. The minimum atomic E-state index is -3.67. The molecule has 0 amide bonds. The summed E-state index contributed by atoms with van der Waals surface area (Å²) in [6.07, 6.45) is 6.74. The number of unbranched alkanes of at least 4 members (excludes halogenated alkanes) is 1. The zero-order valence-electron chi connectivity index (χ0n) is 20.3. The second kappa shape index (κ2) is 12.0. The molecule has 0 unspecified atom stereocenters. The van der Waals surface area contributed by atoms with Crippen molar-refractivity contribution < 1.29 is 17.9 Å². The first-order valence-corrected chi connectivity index (χ1v) is 13.9. The van der Waals surface area contributed by atoms with Crippen LogP contribution in [0.15, 0.2) is 83.8 Å². The van der Waals surface area contributed by atoms with Crippen LogP contribution in [0.2, 0.25) is 5.02 Å². The number of carbonyl (C=O) groups is 1. The summed E-state index contributed by atoms with van der Waals surface area (Å²) < 4.78 is 33.6. The molecule has 0 aromatic heterocycles. The van der Waals surface area contributed by atoms with E-state index in [4.69, 9.17) is 16.3 Å². The first-order valence-electron chi connectivity index (χ1n) is 12.1. The van der Waals surface area contributed by atoms with E-state index < -0.39 is 10.0 Å². The van der Waals surface area contributed by atoms with Crippen LogP contribution in [-0.4, -0.2) is 45.0 Å². The van der Waals surface area contributed by atoms with Gasteiger partial charge in [-0.2, -0.15) is 0 Å². The van der Waals surface area contributed by atoms with Gasteiger partial charge in [0.15, 0.2) is 0 Å². The van der Waals surface area contributed by atoms with Crippen molar-refractivity contribution in [1.82, 2.24) is 9.62 Å². The summed E-state index contributed by atoms with van der Waals surface area (Å²) in [6, 6.07) is 20.6. The minimum Gasteiger partial charge on any atom is -0.469 e. The summed E-state index contributed by atoms with van der Waals surface area (Å²) in [7, 11) is -2.27. The number of benzene rings is 3. The molecule has 0 saturated carbocycles. The lowest BCUT2D eigenvalue weighted by atomic mass is 10.0. The van der Waals surface area contributed by atoms with Gasteiger partial charge in [-0.15, -0.1) is 0 Å². The van der Waals surface area contributed by atoms with Crippen LogP contribution in [0, 0.1) is 0 Å². The number of ether oxygens (including phenoxy) is 1. The van der Waals surface area contributed by atoms with E-state index in [0.29, 0.717) is 37.4 Å². The van der Waals surface area contributed by atoms with Crippen molar-refractivity contribution in [2.24, 2.45) is 0 Å². The van der Waals surface area contributed by atoms with Gasteiger partial charge in [0, 0.05) is 36.6 Å². The molecule has 3 aromatic carbocycles. The van der Waals surface area contributed by atoms with E-state index in [-0.39, 0.29) is 22.9 Å². The Bertz CT molecular complexity index is 1320. The number of carbonyl (C=O) groups excluding carboxylic acids is 1. The third-order valence-electron chi connectivity index (χ3n) is 6.49. The Morgan fingerprint density at radius 1 is 1.11 bits per heavy atom. The number of allylic oxidation sites excluding steroid dienone is 1. The summed E-state index contributed by atoms with van der Waals surface area (Å²) in [5.41, 5.74) is 1.21. The van der Waals surface area contributed by atoms with Crippen LogP contribution in [0.5, 0.6) is 0 Å². The maximum absolute atomic E-state index is 13.0. The molecule has 6 nitrogen and oxygen atoms in total. The summed E-state index contributed by atoms with van der Waals surface area (Å²) in [5, 5.41) is 2.88. The smallest absolute Gasteiger partial charge is 0.305 e. The Morgan fingerprint density at radius 3 is 2.64 bits per heavy atom. The molecule has 0 aliphatic carbocycles. The van der Waals surface area contributed by atoms with Crippen LogP contribution in [0.3, 0.4) is 0 Å². The van der Waals surface area contributed by atoms with Crippen LogP contribution < -0.4 is 4.72 Å². The Balaban J connectivity index is 1.50. The summed E-state index contributed by atoms with van der Waals surface area (Å²) >= 11 is 5.93. The lowest BCUT2D eigenvalue weighted by Gasteiger charge is -2.23. The molecule has 0 spiro atoms. The van der Waals surface area contributed by atoms with Crippen molar-refractivity contribution in [1.29, 1.82) is 0 Å². The standard InChI is InChI=1S/C28H31ClN2O4S/c1-35-28(32)13-4-2-3-11-25-18-24(30-36(33,34)26-16-14-23(29)15-17-26)20-31(25)19-22-10-7-9-21-8-5-6-12-27(21)22/h3,5-12,14-17,24-25,30H,2,4,13,18-20H2,1H3/t24-,25-/m1/s1. The zero-order chi connectivity index (χ0) is 25.5. The maximum atomic E-state index is 13.0. The van der Waals surface area contributed by atoms with Crippen molar-refractivity contribution in [3.8, 4) is 0 Å². The fourth-order valence-corrected chi connectivity index (χ4v) is 6.04. The SMILES string of the molecule is COC(=O)CCCC=C[C@@H]1C[C@@H](NS(=O)(=O)c2ccc(Cl)cc2)CN1Cc1cccc2ccccc12. The molecule has 1 N–H and O–H groups in total.